The number of hydrogen-bond acceptors (Lipinski definition) is 5. The molecule has 1 aromatic heterocycles. The van der Waals surface area contributed by atoms with E-state index in [1.165, 1.54) is 14.1 Å². The van der Waals surface area contributed by atoms with Crippen molar-refractivity contribution in [1.29, 1.82) is 0 Å². The van der Waals surface area contributed by atoms with Gasteiger partial charge in [-0.05, 0) is 6.42 Å². The Bertz CT molecular complexity index is 584. The number of aromatic amines is 1. The zero-order valence-corrected chi connectivity index (χ0v) is 12.9. The molecule has 2 heterocycles. The van der Waals surface area contributed by atoms with E-state index in [0.717, 1.165) is 15.5 Å². The third kappa shape index (κ3) is 2.90. The SMILES string of the molecule is CCC(=NCCc1cnc[nH]1)C1C(=O)N(C)C(=O)N(C)C1=O. The molecule has 0 aromatic carbocycles. The van der Waals surface area contributed by atoms with Gasteiger partial charge in [-0.15, -0.1) is 0 Å². The molecule has 0 radical (unpaired) electrons. The highest BCUT2D eigenvalue weighted by Gasteiger charge is 2.44. The van der Waals surface area contributed by atoms with Crippen molar-refractivity contribution in [3.63, 3.8) is 0 Å². The van der Waals surface area contributed by atoms with Gasteiger partial charge < -0.3 is 4.98 Å². The average Bonchev–Trinajstić information content (AvgIpc) is 3.03. The van der Waals surface area contributed by atoms with Crippen LogP contribution in [-0.2, 0) is 16.0 Å². The van der Waals surface area contributed by atoms with Crippen LogP contribution >= 0.6 is 0 Å². The molecule has 0 atom stereocenters. The topological polar surface area (TPSA) is 98.7 Å². The number of nitrogens with one attached hydrogen (secondary N) is 1. The molecule has 1 aliphatic heterocycles. The Labute approximate surface area is 128 Å². The van der Waals surface area contributed by atoms with Gasteiger partial charge in [0.15, 0.2) is 5.92 Å². The number of H-pyrrole nitrogens is 1. The van der Waals surface area contributed by atoms with Crippen molar-refractivity contribution < 1.29 is 14.4 Å². The van der Waals surface area contributed by atoms with Gasteiger partial charge in [-0.25, -0.2) is 9.78 Å². The highest BCUT2D eigenvalue weighted by molar-refractivity contribution is 6.27. The van der Waals surface area contributed by atoms with Gasteiger partial charge >= 0.3 is 6.03 Å². The smallest absolute Gasteiger partial charge is 0.332 e. The van der Waals surface area contributed by atoms with Crippen LogP contribution in [0.4, 0.5) is 4.79 Å². The Morgan fingerprint density at radius 1 is 1.27 bits per heavy atom. The minimum absolute atomic E-state index is 0.448. The van der Waals surface area contributed by atoms with Crippen LogP contribution < -0.4 is 0 Å². The van der Waals surface area contributed by atoms with Crippen molar-refractivity contribution in [2.24, 2.45) is 10.9 Å². The number of imide groups is 2. The van der Waals surface area contributed by atoms with Crippen LogP contribution in [0.3, 0.4) is 0 Å². The number of carbonyl (C=O) groups excluding carboxylic acids is 3. The maximum absolute atomic E-state index is 12.2. The predicted molar refractivity (Wildman–Crippen MR) is 79.3 cm³/mol. The fourth-order valence-electron chi connectivity index (χ4n) is 2.34. The van der Waals surface area contributed by atoms with E-state index < -0.39 is 23.8 Å². The molecule has 8 nitrogen and oxygen atoms in total. The van der Waals surface area contributed by atoms with Gasteiger partial charge in [0.05, 0.1) is 6.33 Å². The van der Waals surface area contributed by atoms with E-state index in [-0.39, 0.29) is 0 Å². The maximum atomic E-state index is 12.2. The quantitative estimate of drug-likeness (QED) is 0.631. The van der Waals surface area contributed by atoms with Crippen molar-refractivity contribution in [1.82, 2.24) is 19.8 Å². The predicted octanol–water partition coefficient (Wildman–Crippen LogP) is 0.470. The molecule has 0 bridgehead atoms. The first-order chi connectivity index (χ1) is 10.5. The summed E-state index contributed by atoms with van der Waals surface area (Å²) in [6.45, 7) is 2.29. The number of hydrogen-bond donors (Lipinski definition) is 1. The van der Waals surface area contributed by atoms with Gasteiger partial charge in [-0.1, -0.05) is 6.92 Å². The summed E-state index contributed by atoms with van der Waals surface area (Å²) in [5.41, 5.74) is 1.44. The number of nitrogens with zero attached hydrogens (tertiary/aromatic N) is 4. The second-order valence-electron chi connectivity index (χ2n) is 5.06. The molecule has 0 spiro atoms. The van der Waals surface area contributed by atoms with Crippen molar-refractivity contribution in [2.45, 2.75) is 19.8 Å². The lowest BCUT2D eigenvalue weighted by Gasteiger charge is -2.33. The van der Waals surface area contributed by atoms with Gasteiger partial charge in [0.1, 0.15) is 0 Å². The molecule has 4 amide bonds. The molecule has 1 aromatic rings. The van der Waals surface area contributed by atoms with Crippen LogP contribution in [0.5, 0.6) is 0 Å². The molecule has 1 fully saturated rings. The van der Waals surface area contributed by atoms with Gasteiger partial charge in [-0.3, -0.25) is 24.4 Å². The summed E-state index contributed by atoms with van der Waals surface area (Å²) < 4.78 is 0. The lowest BCUT2D eigenvalue weighted by Crippen LogP contribution is -2.58. The third-order valence-corrected chi connectivity index (χ3v) is 3.68. The molecule has 22 heavy (non-hydrogen) atoms. The van der Waals surface area contributed by atoms with Gasteiger partial charge in [0, 0.05) is 44.7 Å². The Morgan fingerprint density at radius 2 is 1.91 bits per heavy atom. The largest absolute Gasteiger partial charge is 0.348 e. The Morgan fingerprint density at radius 3 is 2.41 bits per heavy atom. The zero-order chi connectivity index (χ0) is 16.3. The van der Waals surface area contributed by atoms with E-state index >= 15 is 0 Å². The molecular formula is C14H19N5O3. The van der Waals surface area contributed by atoms with Crippen LogP contribution in [-0.4, -0.2) is 64.0 Å². The first-order valence-corrected chi connectivity index (χ1v) is 7.07. The summed E-state index contributed by atoms with van der Waals surface area (Å²) in [6, 6.07) is -0.612. The van der Waals surface area contributed by atoms with E-state index in [9.17, 15) is 14.4 Å². The summed E-state index contributed by atoms with van der Waals surface area (Å²) in [6.07, 6.45) is 4.41. The van der Waals surface area contributed by atoms with Crippen molar-refractivity contribution in [3.8, 4) is 0 Å². The standard InChI is InChI=1S/C14H19N5O3/c1-4-10(16-6-5-9-7-15-8-17-9)11-12(20)18(2)14(22)19(3)13(11)21/h7-8,11H,4-6H2,1-3H3,(H,15,17). The molecule has 1 N–H and O–H groups in total. The average molecular weight is 305 g/mol. The fraction of sp³-hybridized carbons (Fsp3) is 0.500. The summed E-state index contributed by atoms with van der Waals surface area (Å²) in [5.74, 6) is -2.04. The van der Waals surface area contributed by atoms with E-state index in [1.54, 1.807) is 12.5 Å². The van der Waals surface area contributed by atoms with Crippen molar-refractivity contribution in [2.75, 3.05) is 20.6 Å². The zero-order valence-electron chi connectivity index (χ0n) is 12.9. The number of amides is 4. The second kappa shape index (κ2) is 6.50. The molecule has 1 saturated heterocycles. The number of urea groups is 1. The Hall–Kier alpha value is -2.51. The molecule has 118 valence electrons. The summed E-state index contributed by atoms with van der Waals surface area (Å²) in [4.78, 5) is 49.4. The van der Waals surface area contributed by atoms with Crippen LogP contribution in [0.25, 0.3) is 0 Å². The first kappa shape index (κ1) is 15.9. The minimum atomic E-state index is -1.00. The maximum Gasteiger partial charge on any atom is 0.332 e. The minimum Gasteiger partial charge on any atom is -0.348 e. The van der Waals surface area contributed by atoms with Crippen LogP contribution in [0, 0.1) is 5.92 Å². The Balaban J connectivity index is 2.16. The van der Waals surface area contributed by atoms with Gasteiger partial charge in [0.2, 0.25) is 11.8 Å². The first-order valence-electron chi connectivity index (χ1n) is 7.07. The molecule has 0 aliphatic carbocycles. The molecular weight excluding hydrogens is 286 g/mol. The number of carbonyl (C=O) groups is 3. The lowest BCUT2D eigenvalue weighted by molar-refractivity contribution is -0.144. The monoisotopic (exact) mass is 305 g/mol. The highest BCUT2D eigenvalue weighted by Crippen LogP contribution is 2.18. The molecule has 8 heteroatoms. The number of rotatable bonds is 5. The summed E-state index contributed by atoms with van der Waals surface area (Å²) >= 11 is 0. The van der Waals surface area contributed by atoms with E-state index in [1.807, 2.05) is 6.92 Å². The van der Waals surface area contributed by atoms with Crippen LogP contribution in [0.2, 0.25) is 0 Å². The third-order valence-electron chi connectivity index (χ3n) is 3.68. The Kier molecular flexibility index (Phi) is 4.69. The van der Waals surface area contributed by atoms with E-state index in [2.05, 4.69) is 15.0 Å². The number of barbiturate groups is 1. The molecule has 2 rings (SSSR count). The number of aliphatic imine (C=N–C) groups is 1. The van der Waals surface area contributed by atoms with E-state index in [4.69, 9.17) is 0 Å². The molecule has 0 unspecified atom stereocenters. The summed E-state index contributed by atoms with van der Waals surface area (Å²) in [5, 5.41) is 0. The van der Waals surface area contributed by atoms with Crippen LogP contribution in [0.1, 0.15) is 19.0 Å². The van der Waals surface area contributed by atoms with Crippen molar-refractivity contribution in [3.05, 3.63) is 18.2 Å². The lowest BCUT2D eigenvalue weighted by atomic mass is 9.96. The number of imidazole rings is 1. The molecule has 1 aliphatic rings. The van der Waals surface area contributed by atoms with Gasteiger partial charge in [0.25, 0.3) is 0 Å². The van der Waals surface area contributed by atoms with Crippen LogP contribution in [0.15, 0.2) is 17.5 Å². The second-order valence-corrected chi connectivity index (χ2v) is 5.06. The normalized spacial score (nSPS) is 17.6. The van der Waals surface area contributed by atoms with E-state index in [0.29, 0.717) is 25.1 Å². The summed E-state index contributed by atoms with van der Waals surface area (Å²) in [7, 11) is 2.75. The highest BCUT2D eigenvalue weighted by atomic mass is 16.2. The molecule has 0 saturated carbocycles. The van der Waals surface area contributed by atoms with Gasteiger partial charge in [-0.2, -0.15) is 0 Å². The fourth-order valence-corrected chi connectivity index (χ4v) is 2.34. The van der Waals surface area contributed by atoms with Crippen molar-refractivity contribution >= 4 is 23.6 Å². The number of aromatic nitrogens is 2.